The van der Waals surface area contributed by atoms with Crippen molar-refractivity contribution in [2.75, 3.05) is 13.7 Å². The van der Waals surface area contributed by atoms with Crippen molar-refractivity contribution in [3.8, 4) is 0 Å². The number of alkyl halides is 1. The highest BCUT2D eigenvalue weighted by Gasteiger charge is 2.32. The van der Waals surface area contributed by atoms with E-state index in [-0.39, 0.29) is 10.1 Å². The molecule has 0 radical (unpaired) electrons. The van der Waals surface area contributed by atoms with E-state index in [1.165, 1.54) is 0 Å². The van der Waals surface area contributed by atoms with Crippen molar-refractivity contribution in [3.63, 3.8) is 0 Å². The second-order valence-corrected chi connectivity index (χ2v) is 6.44. The Balaban J connectivity index is 2.75. The zero-order valence-electron chi connectivity index (χ0n) is 6.42. The Morgan fingerprint density at radius 3 is 2.92 bits per heavy atom. The maximum absolute atomic E-state index is 10.7. The molecule has 0 amide bonds. The van der Waals surface area contributed by atoms with E-state index in [0.717, 1.165) is 15.7 Å². The Labute approximate surface area is 92.4 Å². The van der Waals surface area contributed by atoms with Gasteiger partial charge in [0.1, 0.15) is 6.29 Å². The zero-order valence-corrected chi connectivity index (χ0v) is 10.4. The highest BCUT2D eigenvalue weighted by molar-refractivity contribution is 9.15. The van der Waals surface area contributed by atoms with Crippen LogP contribution in [0.15, 0.2) is 9.39 Å². The third-order valence-electron chi connectivity index (χ3n) is 1.63. The first-order valence-electron chi connectivity index (χ1n) is 3.35. The van der Waals surface area contributed by atoms with E-state index < -0.39 is 0 Å². The number of hydrogen-bond donors (Lipinski definition) is 0. The summed E-state index contributed by atoms with van der Waals surface area (Å²) in [7, 11) is 1.64. The van der Waals surface area contributed by atoms with Crippen LogP contribution in [0.25, 0.3) is 0 Å². The largest absolute Gasteiger partial charge is 0.384 e. The molecule has 5 heteroatoms. The van der Waals surface area contributed by atoms with Crippen molar-refractivity contribution in [1.29, 1.82) is 0 Å². The van der Waals surface area contributed by atoms with Crippen LogP contribution in [0.3, 0.4) is 0 Å². The Kier molecular flexibility index (Phi) is 4.29. The van der Waals surface area contributed by atoms with Crippen molar-refractivity contribution < 1.29 is 9.53 Å². The normalized spacial score (nSPS) is 29.6. The van der Waals surface area contributed by atoms with Gasteiger partial charge in [-0.2, -0.15) is 0 Å². The van der Waals surface area contributed by atoms with Gasteiger partial charge in [0.05, 0.1) is 14.6 Å². The molecule has 1 rings (SSSR count). The number of carbonyl (C=O) groups excluding carboxylic acids is 1. The minimum absolute atomic E-state index is 0.159. The summed E-state index contributed by atoms with van der Waals surface area (Å²) < 4.78 is 6.18. The van der Waals surface area contributed by atoms with Gasteiger partial charge in [-0.1, -0.05) is 15.9 Å². The molecule has 0 fully saturated rings. The highest BCUT2D eigenvalue weighted by Crippen LogP contribution is 2.47. The number of halogens is 2. The fourth-order valence-electron chi connectivity index (χ4n) is 1.01. The maximum atomic E-state index is 10.7. The van der Waals surface area contributed by atoms with Crippen molar-refractivity contribution in [2.45, 2.75) is 4.16 Å². The van der Waals surface area contributed by atoms with Gasteiger partial charge >= 0.3 is 0 Å². The molecule has 0 aromatic carbocycles. The van der Waals surface area contributed by atoms with Crippen LogP contribution in [0.4, 0.5) is 0 Å². The molecule has 1 aliphatic heterocycles. The predicted molar refractivity (Wildman–Crippen MR) is 57.7 cm³/mol. The van der Waals surface area contributed by atoms with Crippen LogP contribution >= 0.6 is 43.6 Å². The minimum Gasteiger partial charge on any atom is -0.384 e. The van der Waals surface area contributed by atoms with E-state index in [0.29, 0.717) is 6.61 Å². The summed E-state index contributed by atoms with van der Waals surface area (Å²) in [6, 6.07) is 0. The summed E-state index contributed by atoms with van der Waals surface area (Å²) in [5, 5.41) is 0. The summed E-state index contributed by atoms with van der Waals surface area (Å²) in [5.41, 5.74) is 0.795. The van der Waals surface area contributed by atoms with Crippen molar-refractivity contribution in [1.82, 2.24) is 0 Å². The summed E-state index contributed by atoms with van der Waals surface area (Å²) >= 11 is 8.42. The first kappa shape index (κ1) is 10.8. The molecule has 0 N–H and O–H groups in total. The van der Waals surface area contributed by atoms with E-state index >= 15 is 0 Å². The van der Waals surface area contributed by atoms with E-state index in [9.17, 15) is 4.79 Å². The van der Waals surface area contributed by atoms with Crippen LogP contribution in [0.1, 0.15) is 0 Å². The number of thioether (sulfide) groups is 1. The lowest BCUT2D eigenvalue weighted by Gasteiger charge is -2.12. The lowest BCUT2D eigenvalue weighted by atomic mass is 10.1. The van der Waals surface area contributed by atoms with Crippen LogP contribution in [-0.4, -0.2) is 24.2 Å². The predicted octanol–water partition coefficient (Wildman–Crippen LogP) is 2.52. The third kappa shape index (κ3) is 2.13. The van der Waals surface area contributed by atoms with Crippen LogP contribution in [-0.2, 0) is 9.53 Å². The van der Waals surface area contributed by atoms with Gasteiger partial charge in [0.25, 0.3) is 0 Å². The molecule has 0 bridgehead atoms. The van der Waals surface area contributed by atoms with Gasteiger partial charge in [0.2, 0.25) is 0 Å². The second kappa shape index (κ2) is 4.79. The van der Waals surface area contributed by atoms with Crippen LogP contribution in [0.5, 0.6) is 0 Å². The molecule has 1 heterocycles. The molecule has 12 heavy (non-hydrogen) atoms. The molecular weight excluding hydrogens is 308 g/mol. The van der Waals surface area contributed by atoms with E-state index in [1.807, 2.05) is 0 Å². The molecule has 1 aliphatic rings. The van der Waals surface area contributed by atoms with Crippen molar-refractivity contribution >= 4 is 49.9 Å². The summed E-state index contributed by atoms with van der Waals surface area (Å²) in [5.74, 6) is 0.159. The molecule has 0 saturated heterocycles. The molecule has 2 nitrogen and oxygen atoms in total. The zero-order chi connectivity index (χ0) is 9.14. The van der Waals surface area contributed by atoms with E-state index in [1.54, 1.807) is 18.9 Å². The van der Waals surface area contributed by atoms with Gasteiger partial charge in [-0.3, -0.25) is 4.79 Å². The molecule has 2 atom stereocenters. The number of carbonyl (C=O) groups is 1. The summed E-state index contributed by atoms with van der Waals surface area (Å²) in [6.45, 7) is 0.575. The first-order chi connectivity index (χ1) is 5.70. The van der Waals surface area contributed by atoms with Gasteiger partial charge in [-0.25, -0.2) is 0 Å². The Morgan fingerprint density at radius 1 is 1.75 bits per heavy atom. The highest BCUT2D eigenvalue weighted by atomic mass is 79.9. The smallest absolute Gasteiger partial charge is 0.148 e. The quantitative estimate of drug-likeness (QED) is 0.591. The topological polar surface area (TPSA) is 26.3 Å². The number of methoxy groups -OCH3 is 1. The summed E-state index contributed by atoms with van der Waals surface area (Å²) in [6.07, 6.45) is 0.891. The SMILES string of the molecule is COCC1C(C=O)=C(Br)SC1Br. The number of rotatable bonds is 3. The number of hydrogen-bond acceptors (Lipinski definition) is 3. The van der Waals surface area contributed by atoms with Crippen molar-refractivity contribution in [2.24, 2.45) is 5.92 Å². The molecular formula is C7H8Br2O2S. The second-order valence-electron chi connectivity index (χ2n) is 2.38. The van der Waals surface area contributed by atoms with Gasteiger partial charge in [0.15, 0.2) is 0 Å². The first-order valence-corrected chi connectivity index (χ1v) is 5.94. The lowest BCUT2D eigenvalue weighted by Crippen LogP contribution is -2.15. The maximum Gasteiger partial charge on any atom is 0.148 e. The molecule has 0 aromatic rings. The molecule has 68 valence electrons. The van der Waals surface area contributed by atoms with Gasteiger partial charge < -0.3 is 4.74 Å². The van der Waals surface area contributed by atoms with E-state index in [4.69, 9.17) is 4.74 Å². The van der Waals surface area contributed by atoms with Crippen LogP contribution < -0.4 is 0 Å². The van der Waals surface area contributed by atoms with Gasteiger partial charge in [-0.15, -0.1) is 11.8 Å². The molecule has 0 aliphatic carbocycles. The van der Waals surface area contributed by atoms with Gasteiger partial charge in [-0.05, 0) is 15.9 Å². The van der Waals surface area contributed by atoms with E-state index in [2.05, 4.69) is 31.9 Å². The van der Waals surface area contributed by atoms with Crippen LogP contribution in [0.2, 0.25) is 0 Å². The Hall–Kier alpha value is 0.680. The molecule has 0 saturated carbocycles. The average Bonchev–Trinajstić information content (AvgIpc) is 2.28. The fraction of sp³-hybridized carbons (Fsp3) is 0.571. The number of aldehydes is 1. The standard InChI is InChI=1S/C7H8Br2O2S/c1-11-3-5-4(2-10)6(8)12-7(5)9/h2,5,7H,3H2,1H3. The lowest BCUT2D eigenvalue weighted by molar-refractivity contribution is -0.105. The average molecular weight is 316 g/mol. The Morgan fingerprint density at radius 2 is 2.42 bits per heavy atom. The fourth-order valence-corrected chi connectivity index (χ4v) is 4.68. The van der Waals surface area contributed by atoms with Gasteiger partial charge in [0, 0.05) is 18.6 Å². The summed E-state index contributed by atoms with van der Waals surface area (Å²) in [4.78, 5) is 10.7. The molecule has 0 spiro atoms. The van der Waals surface area contributed by atoms with Crippen molar-refractivity contribution in [3.05, 3.63) is 9.39 Å². The molecule has 0 aromatic heterocycles. The number of ether oxygens (including phenoxy) is 1. The monoisotopic (exact) mass is 314 g/mol. The third-order valence-corrected chi connectivity index (χ3v) is 4.85. The minimum atomic E-state index is 0.159. The molecule has 2 unspecified atom stereocenters. The van der Waals surface area contributed by atoms with Crippen LogP contribution in [0, 0.1) is 5.92 Å². The Bertz CT molecular complexity index is 217.